The van der Waals surface area contributed by atoms with Gasteiger partial charge in [-0.1, -0.05) is 26.0 Å². The van der Waals surface area contributed by atoms with Crippen molar-refractivity contribution in [2.24, 2.45) is 22.7 Å². The predicted molar refractivity (Wildman–Crippen MR) is 136 cm³/mol. The van der Waals surface area contributed by atoms with Crippen molar-refractivity contribution >= 4 is 0 Å². The molecule has 5 aliphatic rings. The number of aliphatic hydroxyl groups is 1. The van der Waals surface area contributed by atoms with Gasteiger partial charge in [-0.2, -0.15) is 0 Å². The molecule has 0 radical (unpaired) electrons. The second-order valence-electron chi connectivity index (χ2n) is 14.4. The maximum Gasteiger partial charge on any atom is 0.0921 e. The number of rotatable bonds is 7. The minimum Gasteiger partial charge on any atom is -0.390 e. The van der Waals surface area contributed by atoms with Crippen LogP contribution in [-0.2, 0) is 14.2 Å². The molecule has 2 saturated carbocycles. The van der Waals surface area contributed by atoms with E-state index in [1.807, 2.05) is 0 Å². The van der Waals surface area contributed by atoms with E-state index in [1.165, 1.54) is 24.8 Å². The molecule has 1 N–H and O–H groups in total. The van der Waals surface area contributed by atoms with E-state index < -0.39 is 5.60 Å². The largest absolute Gasteiger partial charge is 0.390 e. The van der Waals surface area contributed by atoms with Gasteiger partial charge in [0.25, 0.3) is 0 Å². The molecule has 3 heterocycles. The van der Waals surface area contributed by atoms with Crippen LogP contribution in [0.3, 0.4) is 0 Å². The standard InChI is InChI=1S/C30H50O4/c1-19(9-12-25-30(8,34-25)18-15-23-27(4,5)32-23)20-10-11-21-28(20,6)17-14-24-29(21,7)16-13-22(31)26(2,3)33-24/h20-25,31H,1,9-18H2,2-8H3/t20?,21-,22+,23+,24+,25+,28-,29+,30+/m0/s1. The molecule has 4 nitrogen and oxygen atoms in total. The van der Waals surface area contributed by atoms with Crippen molar-refractivity contribution in [3.05, 3.63) is 12.2 Å². The molecule has 0 spiro atoms. The summed E-state index contributed by atoms with van der Waals surface area (Å²) in [6.07, 6.45) is 11.8. The van der Waals surface area contributed by atoms with E-state index in [1.54, 1.807) is 0 Å². The summed E-state index contributed by atoms with van der Waals surface area (Å²) in [5, 5.41) is 10.7. The SMILES string of the molecule is C=C(CC[C@H]1O[C@]1(C)CC[C@H]1OC1(C)C)C1CC[C@@H]2[C@@]3(C)CC[C@@H](O)C(C)(C)O[C@@H]3CC[C@@]12C. The molecule has 0 bridgehead atoms. The third-order valence-electron chi connectivity index (χ3n) is 11.3. The summed E-state index contributed by atoms with van der Waals surface area (Å²) in [5.41, 5.74) is 1.57. The Balaban J connectivity index is 1.18. The Morgan fingerprint density at radius 3 is 2.15 bits per heavy atom. The van der Waals surface area contributed by atoms with Gasteiger partial charge in [0, 0.05) is 0 Å². The molecule has 5 fully saturated rings. The first kappa shape index (κ1) is 25.2. The fourth-order valence-electron chi connectivity index (χ4n) is 8.63. The van der Waals surface area contributed by atoms with Crippen molar-refractivity contribution in [1.29, 1.82) is 0 Å². The second kappa shape index (κ2) is 8.04. The number of hydrogen-bond acceptors (Lipinski definition) is 4. The summed E-state index contributed by atoms with van der Waals surface area (Å²) in [7, 11) is 0. The first-order valence-electron chi connectivity index (χ1n) is 14.1. The molecule has 0 aromatic heterocycles. The summed E-state index contributed by atoms with van der Waals surface area (Å²) >= 11 is 0. The zero-order valence-electron chi connectivity index (χ0n) is 22.9. The molecule has 0 aromatic carbocycles. The predicted octanol–water partition coefficient (Wildman–Crippen LogP) is 6.59. The molecule has 9 atom stereocenters. The topological polar surface area (TPSA) is 54.5 Å². The van der Waals surface area contributed by atoms with Gasteiger partial charge in [0.05, 0.1) is 41.2 Å². The highest BCUT2D eigenvalue weighted by Crippen LogP contribution is 2.66. The molecule has 194 valence electrons. The fourth-order valence-corrected chi connectivity index (χ4v) is 8.63. The lowest BCUT2D eigenvalue weighted by Crippen LogP contribution is -2.53. The Bertz CT molecular complexity index is 819. The van der Waals surface area contributed by atoms with Crippen molar-refractivity contribution in [2.75, 3.05) is 0 Å². The van der Waals surface area contributed by atoms with E-state index in [0.717, 1.165) is 44.9 Å². The van der Waals surface area contributed by atoms with Crippen LogP contribution < -0.4 is 0 Å². The Hall–Kier alpha value is -0.420. The Kier molecular flexibility index (Phi) is 5.97. The monoisotopic (exact) mass is 474 g/mol. The van der Waals surface area contributed by atoms with E-state index in [9.17, 15) is 5.11 Å². The van der Waals surface area contributed by atoms with Crippen molar-refractivity contribution < 1.29 is 19.3 Å². The highest BCUT2D eigenvalue weighted by molar-refractivity contribution is 5.18. The number of epoxide rings is 2. The normalized spacial score (nSPS) is 50.7. The van der Waals surface area contributed by atoms with Gasteiger partial charge in [0.2, 0.25) is 0 Å². The van der Waals surface area contributed by atoms with Gasteiger partial charge in [-0.05, 0) is 121 Å². The van der Waals surface area contributed by atoms with Gasteiger partial charge in [0.15, 0.2) is 0 Å². The first-order chi connectivity index (χ1) is 15.7. The van der Waals surface area contributed by atoms with E-state index in [-0.39, 0.29) is 28.8 Å². The van der Waals surface area contributed by atoms with Gasteiger partial charge < -0.3 is 19.3 Å². The minimum atomic E-state index is -0.448. The molecular formula is C30H50O4. The minimum absolute atomic E-state index is 0.0429. The zero-order chi connectivity index (χ0) is 24.7. The lowest BCUT2D eigenvalue weighted by Gasteiger charge is -2.55. The van der Waals surface area contributed by atoms with E-state index in [2.05, 4.69) is 55.0 Å². The molecule has 0 aromatic rings. The highest BCUT2D eigenvalue weighted by atomic mass is 16.6. The molecule has 0 amide bonds. The molecule has 2 aliphatic carbocycles. The molecule has 3 aliphatic heterocycles. The van der Waals surface area contributed by atoms with E-state index >= 15 is 0 Å². The van der Waals surface area contributed by atoms with Crippen LogP contribution in [0.15, 0.2) is 12.2 Å². The number of hydrogen-bond donors (Lipinski definition) is 1. The maximum absolute atomic E-state index is 10.7. The smallest absolute Gasteiger partial charge is 0.0921 e. The van der Waals surface area contributed by atoms with Crippen LogP contribution in [0, 0.1) is 22.7 Å². The van der Waals surface area contributed by atoms with Crippen LogP contribution in [0.25, 0.3) is 0 Å². The summed E-state index contributed by atoms with van der Waals surface area (Å²) in [5.74, 6) is 1.24. The van der Waals surface area contributed by atoms with Crippen LogP contribution in [-0.4, -0.2) is 46.3 Å². The highest BCUT2D eigenvalue weighted by Gasteiger charge is 2.61. The zero-order valence-corrected chi connectivity index (χ0v) is 22.9. The van der Waals surface area contributed by atoms with Crippen LogP contribution >= 0.6 is 0 Å². The Labute approximate surface area is 208 Å². The first-order valence-corrected chi connectivity index (χ1v) is 14.1. The molecule has 3 saturated heterocycles. The molecule has 4 heteroatoms. The van der Waals surface area contributed by atoms with Crippen molar-refractivity contribution in [1.82, 2.24) is 0 Å². The molecule has 5 rings (SSSR count). The quantitative estimate of drug-likeness (QED) is 0.334. The summed E-state index contributed by atoms with van der Waals surface area (Å²) in [4.78, 5) is 0. The van der Waals surface area contributed by atoms with Crippen LogP contribution in [0.1, 0.15) is 113 Å². The summed E-state index contributed by atoms with van der Waals surface area (Å²) in [6.45, 7) is 20.5. The van der Waals surface area contributed by atoms with Crippen molar-refractivity contribution in [3.8, 4) is 0 Å². The maximum atomic E-state index is 10.7. The Morgan fingerprint density at radius 1 is 0.794 bits per heavy atom. The third-order valence-corrected chi connectivity index (χ3v) is 11.3. The molecule has 1 unspecified atom stereocenters. The number of allylic oxidation sites excluding steroid dienone is 1. The van der Waals surface area contributed by atoms with Gasteiger partial charge in [-0.15, -0.1) is 0 Å². The number of ether oxygens (including phenoxy) is 3. The van der Waals surface area contributed by atoms with Crippen LogP contribution in [0.5, 0.6) is 0 Å². The molecular weight excluding hydrogens is 424 g/mol. The van der Waals surface area contributed by atoms with Gasteiger partial charge >= 0.3 is 0 Å². The number of aliphatic hydroxyl groups excluding tert-OH is 1. The van der Waals surface area contributed by atoms with E-state index in [0.29, 0.717) is 29.5 Å². The average molecular weight is 475 g/mol. The lowest BCUT2D eigenvalue weighted by molar-refractivity contribution is -0.186. The summed E-state index contributed by atoms with van der Waals surface area (Å²) in [6, 6.07) is 0. The molecule has 34 heavy (non-hydrogen) atoms. The van der Waals surface area contributed by atoms with Gasteiger partial charge in [-0.25, -0.2) is 0 Å². The summed E-state index contributed by atoms with van der Waals surface area (Å²) < 4.78 is 18.6. The van der Waals surface area contributed by atoms with Crippen molar-refractivity contribution in [2.45, 2.75) is 154 Å². The second-order valence-corrected chi connectivity index (χ2v) is 14.4. The van der Waals surface area contributed by atoms with Gasteiger partial charge in [-0.3, -0.25) is 0 Å². The van der Waals surface area contributed by atoms with E-state index in [4.69, 9.17) is 14.2 Å². The van der Waals surface area contributed by atoms with Crippen LogP contribution in [0.4, 0.5) is 0 Å². The fraction of sp³-hybridized carbons (Fsp3) is 0.933. The lowest BCUT2D eigenvalue weighted by atomic mass is 9.52. The van der Waals surface area contributed by atoms with Crippen LogP contribution in [0.2, 0.25) is 0 Å². The van der Waals surface area contributed by atoms with Crippen molar-refractivity contribution in [3.63, 3.8) is 0 Å². The number of fused-ring (bicyclic) bond motifs is 3. The van der Waals surface area contributed by atoms with Gasteiger partial charge in [0.1, 0.15) is 0 Å². The average Bonchev–Trinajstić information content (AvgIpc) is 3.55. The third kappa shape index (κ3) is 4.13. The Morgan fingerprint density at radius 2 is 1.47 bits per heavy atom.